The van der Waals surface area contributed by atoms with Crippen LogP contribution in [0.5, 0.6) is 0 Å². The maximum atomic E-state index is 10.7. The number of nitrogens with zero attached hydrogens (tertiary/aromatic N) is 1. The van der Waals surface area contributed by atoms with Crippen LogP contribution in [0.2, 0.25) is 0 Å². The first-order valence-electron chi connectivity index (χ1n) is 10.5. The van der Waals surface area contributed by atoms with Crippen LogP contribution in [-0.4, -0.2) is 26.4 Å². The van der Waals surface area contributed by atoms with Crippen LogP contribution in [0.4, 0.5) is 0 Å². The molecule has 144 valence electrons. The SMILES string of the molecule is OC1(C#Cc2cc(C#CC3(O)CCCCC3)c3ccccc3n2)CCCCC1. The van der Waals surface area contributed by atoms with Crippen LogP contribution < -0.4 is 0 Å². The summed E-state index contributed by atoms with van der Waals surface area (Å²) in [5.41, 5.74) is 0.521. The molecule has 0 atom stereocenters. The summed E-state index contributed by atoms with van der Waals surface area (Å²) >= 11 is 0. The van der Waals surface area contributed by atoms with E-state index >= 15 is 0 Å². The van der Waals surface area contributed by atoms with Crippen LogP contribution in [-0.2, 0) is 0 Å². The van der Waals surface area contributed by atoms with Crippen molar-refractivity contribution in [3.63, 3.8) is 0 Å². The maximum Gasteiger partial charge on any atom is 0.125 e. The zero-order chi connectivity index (χ0) is 19.5. The van der Waals surface area contributed by atoms with Gasteiger partial charge in [-0.25, -0.2) is 4.98 Å². The van der Waals surface area contributed by atoms with Gasteiger partial charge < -0.3 is 10.2 Å². The first-order chi connectivity index (χ1) is 13.6. The fourth-order valence-electron chi connectivity index (χ4n) is 4.23. The standard InChI is InChI=1S/C25H27NO2/c27-24(13-5-1-6-14-24)17-11-20-19-21(26-23-10-4-3-9-22(20)23)12-18-25(28)15-7-2-8-16-25/h3-4,9-10,19,27-28H,1-2,5-8,13-16H2. The second-order valence-corrected chi connectivity index (χ2v) is 8.26. The average Bonchev–Trinajstić information content (AvgIpc) is 2.72. The number of aliphatic hydroxyl groups is 2. The van der Waals surface area contributed by atoms with Crippen LogP contribution >= 0.6 is 0 Å². The lowest BCUT2D eigenvalue weighted by Gasteiger charge is -2.26. The number of hydrogen-bond acceptors (Lipinski definition) is 3. The van der Waals surface area contributed by atoms with Gasteiger partial charge in [0.25, 0.3) is 0 Å². The highest BCUT2D eigenvalue weighted by atomic mass is 16.3. The van der Waals surface area contributed by atoms with Gasteiger partial charge in [-0.3, -0.25) is 0 Å². The van der Waals surface area contributed by atoms with Crippen LogP contribution in [0.25, 0.3) is 10.9 Å². The van der Waals surface area contributed by atoms with E-state index in [9.17, 15) is 10.2 Å². The molecular weight excluding hydrogens is 346 g/mol. The number of hydrogen-bond donors (Lipinski definition) is 2. The Labute approximate surface area is 167 Å². The fraction of sp³-hybridized carbons (Fsp3) is 0.480. The quantitative estimate of drug-likeness (QED) is 0.676. The van der Waals surface area contributed by atoms with E-state index in [1.165, 1.54) is 12.8 Å². The largest absolute Gasteiger partial charge is 0.378 e. The molecule has 4 rings (SSSR count). The second-order valence-electron chi connectivity index (χ2n) is 8.26. The van der Waals surface area contributed by atoms with Gasteiger partial charge in [-0.1, -0.05) is 48.8 Å². The number of aromatic nitrogens is 1. The Morgan fingerprint density at radius 2 is 1.32 bits per heavy atom. The molecule has 0 spiro atoms. The Kier molecular flexibility index (Phi) is 5.40. The molecule has 3 nitrogen and oxygen atoms in total. The van der Waals surface area contributed by atoms with Crippen molar-refractivity contribution in [2.24, 2.45) is 0 Å². The van der Waals surface area contributed by atoms with Crippen molar-refractivity contribution in [3.8, 4) is 23.7 Å². The molecule has 0 saturated heterocycles. The Balaban J connectivity index is 1.70. The topological polar surface area (TPSA) is 53.4 Å². The van der Waals surface area contributed by atoms with Gasteiger partial charge in [0.2, 0.25) is 0 Å². The summed E-state index contributed by atoms with van der Waals surface area (Å²) in [5, 5.41) is 22.4. The summed E-state index contributed by atoms with van der Waals surface area (Å²) in [7, 11) is 0. The van der Waals surface area contributed by atoms with Gasteiger partial charge in [0, 0.05) is 10.9 Å². The summed E-state index contributed by atoms with van der Waals surface area (Å²) in [6, 6.07) is 9.77. The van der Waals surface area contributed by atoms with Crippen LogP contribution in [0.3, 0.4) is 0 Å². The van der Waals surface area contributed by atoms with Crippen molar-refractivity contribution in [2.45, 2.75) is 75.4 Å². The number of pyridine rings is 1. The third-order valence-corrected chi connectivity index (χ3v) is 5.93. The highest BCUT2D eigenvalue weighted by Crippen LogP contribution is 2.28. The molecule has 0 unspecified atom stereocenters. The molecule has 2 fully saturated rings. The first-order valence-corrected chi connectivity index (χ1v) is 10.5. The van der Waals surface area contributed by atoms with Gasteiger partial charge >= 0.3 is 0 Å². The normalized spacial score (nSPS) is 20.5. The molecule has 0 radical (unpaired) electrons. The third kappa shape index (κ3) is 4.39. The van der Waals surface area contributed by atoms with Crippen molar-refractivity contribution < 1.29 is 10.2 Å². The van der Waals surface area contributed by atoms with E-state index in [4.69, 9.17) is 0 Å². The van der Waals surface area contributed by atoms with Crippen molar-refractivity contribution in [1.82, 2.24) is 4.98 Å². The minimum Gasteiger partial charge on any atom is -0.378 e. The van der Waals surface area contributed by atoms with Gasteiger partial charge in [0.05, 0.1) is 5.52 Å². The molecule has 3 heteroatoms. The highest BCUT2D eigenvalue weighted by molar-refractivity contribution is 5.85. The van der Waals surface area contributed by atoms with Crippen molar-refractivity contribution in [1.29, 1.82) is 0 Å². The van der Waals surface area contributed by atoms with E-state index < -0.39 is 11.2 Å². The number of para-hydroxylation sites is 1. The molecule has 2 aliphatic carbocycles. The van der Waals surface area contributed by atoms with Crippen LogP contribution in [0.1, 0.15) is 75.5 Å². The molecule has 2 aromatic rings. The molecule has 2 saturated carbocycles. The number of rotatable bonds is 0. The van der Waals surface area contributed by atoms with Gasteiger partial charge in [-0.2, -0.15) is 0 Å². The van der Waals surface area contributed by atoms with E-state index in [1.807, 2.05) is 30.3 Å². The van der Waals surface area contributed by atoms with Crippen LogP contribution in [0, 0.1) is 23.7 Å². The number of benzene rings is 1. The monoisotopic (exact) mass is 373 g/mol. The summed E-state index contributed by atoms with van der Waals surface area (Å²) in [4.78, 5) is 4.65. The summed E-state index contributed by atoms with van der Waals surface area (Å²) < 4.78 is 0. The van der Waals surface area contributed by atoms with Gasteiger partial charge in [0.1, 0.15) is 16.9 Å². The zero-order valence-corrected chi connectivity index (χ0v) is 16.3. The lowest BCUT2D eigenvalue weighted by molar-refractivity contribution is 0.0606. The molecule has 1 heterocycles. The molecule has 2 N–H and O–H groups in total. The predicted octanol–water partition coefficient (Wildman–Crippen LogP) is 4.33. The Morgan fingerprint density at radius 3 is 1.96 bits per heavy atom. The third-order valence-electron chi connectivity index (χ3n) is 5.93. The molecular formula is C25H27NO2. The van der Waals surface area contributed by atoms with Crippen molar-refractivity contribution >= 4 is 10.9 Å². The van der Waals surface area contributed by atoms with Crippen LogP contribution in [0.15, 0.2) is 30.3 Å². The van der Waals surface area contributed by atoms with E-state index in [0.29, 0.717) is 5.69 Å². The fourth-order valence-corrected chi connectivity index (χ4v) is 4.23. The lowest BCUT2D eigenvalue weighted by atomic mass is 9.85. The van der Waals surface area contributed by atoms with E-state index in [1.54, 1.807) is 0 Å². The minimum absolute atomic E-state index is 0.623. The average molecular weight is 373 g/mol. The highest BCUT2D eigenvalue weighted by Gasteiger charge is 2.27. The summed E-state index contributed by atoms with van der Waals surface area (Å²) in [6.45, 7) is 0. The second kappa shape index (κ2) is 7.96. The minimum atomic E-state index is -0.894. The van der Waals surface area contributed by atoms with E-state index in [2.05, 4.69) is 28.7 Å². The van der Waals surface area contributed by atoms with E-state index in [-0.39, 0.29) is 0 Å². The predicted molar refractivity (Wildman–Crippen MR) is 112 cm³/mol. The zero-order valence-electron chi connectivity index (χ0n) is 16.3. The molecule has 0 aliphatic heterocycles. The smallest absolute Gasteiger partial charge is 0.125 e. The maximum absolute atomic E-state index is 10.7. The van der Waals surface area contributed by atoms with Gasteiger partial charge in [0.15, 0.2) is 0 Å². The first kappa shape index (κ1) is 19.0. The molecule has 0 bridgehead atoms. The Morgan fingerprint density at radius 1 is 0.750 bits per heavy atom. The lowest BCUT2D eigenvalue weighted by Crippen LogP contribution is -2.29. The summed E-state index contributed by atoms with van der Waals surface area (Å²) in [6.07, 6.45) is 9.37. The van der Waals surface area contributed by atoms with Gasteiger partial charge in [-0.05, 0) is 69.4 Å². The Bertz CT molecular complexity index is 974. The van der Waals surface area contributed by atoms with Crippen molar-refractivity contribution in [3.05, 3.63) is 41.6 Å². The number of fused-ring (bicyclic) bond motifs is 1. The summed E-state index contributed by atoms with van der Waals surface area (Å²) in [5.74, 6) is 12.5. The Hall–Kier alpha value is -2.33. The molecule has 0 amide bonds. The van der Waals surface area contributed by atoms with Gasteiger partial charge in [-0.15, -0.1) is 0 Å². The molecule has 28 heavy (non-hydrogen) atoms. The molecule has 1 aromatic carbocycles. The molecule has 1 aromatic heterocycles. The molecule has 2 aliphatic rings. The van der Waals surface area contributed by atoms with Crippen molar-refractivity contribution in [2.75, 3.05) is 0 Å². The van der Waals surface area contributed by atoms with E-state index in [0.717, 1.165) is 67.8 Å².